The van der Waals surface area contributed by atoms with Gasteiger partial charge < -0.3 is 5.32 Å². The fraction of sp³-hybridized carbons (Fsp3) is 0.294. The maximum Gasteiger partial charge on any atom is 0.239 e. The molecule has 1 aromatic carbocycles. The predicted molar refractivity (Wildman–Crippen MR) is 94.0 cm³/mol. The van der Waals surface area contributed by atoms with Crippen molar-refractivity contribution in [3.05, 3.63) is 59.4 Å². The van der Waals surface area contributed by atoms with Gasteiger partial charge in [0, 0.05) is 24.6 Å². The van der Waals surface area contributed by atoms with Crippen LogP contribution in [0.5, 0.6) is 0 Å². The Morgan fingerprint density at radius 1 is 1.17 bits per heavy atom. The van der Waals surface area contributed by atoms with Crippen molar-refractivity contribution in [1.82, 2.24) is 9.29 Å². The number of carbonyl (C=O) groups is 1. The number of sulfonamides is 1. The first kappa shape index (κ1) is 18.1. The van der Waals surface area contributed by atoms with Crippen LogP contribution in [-0.2, 0) is 21.4 Å². The standard InChI is InChI=1S/C17H21N3O3S/c1-13-4-5-16(14(2)10-13)19-17(21)12-20(24(3,22)23)11-15-6-8-18-9-7-15/h4-10H,11-12H2,1-3H3,(H,19,21). The molecule has 1 aromatic heterocycles. The van der Waals surface area contributed by atoms with Crippen LogP contribution in [-0.4, -0.2) is 36.4 Å². The van der Waals surface area contributed by atoms with Gasteiger partial charge in [0.05, 0.1) is 12.8 Å². The lowest BCUT2D eigenvalue weighted by molar-refractivity contribution is -0.116. The van der Waals surface area contributed by atoms with E-state index in [4.69, 9.17) is 0 Å². The third-order valence-corrected chi connectivity index (χ3v) is 4.75. The second-order valence-electron chi connectivity index (χ2n) is 5.75. The number of hydrogen-bond acceptors (Lipinski definition) is 4. The van der Waals surface area contributed by atoms with Crippen LogP contribution >= 0.6 is 0 Å². The Balaban J connectivity index is 2.10. The van der Waals surface area contributed by atoms with Gasteiger partial charge in [0.15, 0.2) is 0 Å². The van der Waals surface area contributed by atoms with E-state index in [-0.39, 0.29) is 19.0 Å². The van der Waals surface area contributed by atoms with Crippen LogP contribution in [0.3, 0.4) is 0 Å². The summed E-state index contributed by atoms with van der Waals surface area (Å²) in [6.07, 6.45) is 4.27. The molecule has 2 rings (SSSR count). The Morgan fingerprint density at radius 3 is 2.42 bits per heavy atom. The van der Waals surface area contributed by atoms with E-state index in [0.717, 1.165) is 27.3 Å². The van der Waals surface area contributed by atoms with Gasteiger partial charge in [-0.15, -0.1) is 0 Å². The molecule has 128 valence electrons. The molecule has 1 amide bonds. The quantitative estimate of drug-likeness (QED) is 0.868. The van der Waals surface area contributed by atoms with E-state index >= 15 is 0 Å². The first-order valence-electron chi connectivity index (χ1n) is 7.47. The summed E-state index contributed by atoms with van der Waals surface area (Å²) in [5.41, 5.74) is 3.49. The summed E-state index contributed by atoms with van der Waals surface area (Å²) in [6, 6.07) is 9.12. The summed E-state index contributed by atoms with van der Waals surface area (Å²) in [7, 11) is -3.52. The number of aryl methyl sites for hydroxylation is 2. The number of nitrogens with one attached hydrogen (secondary N) is 1. The monoisotopic (exact) mass is 347 g/mol. The highest BCUT2D eigenvalue weighted by molar-refractivity contribution is 7.88. The minimum Gasteiger partial charge on any atom is -0.325 e. The van der Waals surface area contributed by atoms with Gasteiger partial charge in [-0.05, 0) is 43.2 Å². The Morgan fingerprint density at radius 2 is 1.83 bits per heavy atom. The normalized spacial score (nSPS) is 11.5. The molecule has 1 N–H and O–H groups in total. The van der Waals surface area contributed by atoms with Crippen molar-refractivity contribution in [3.63, 3.8) is 0 Å². The Kier molecular flexibility index (Phi) is 5.69. The lowest BCUT2D eigenvalue weighted by atomic mass is 10.1. The molecular formula is C17H21N3O3S. The van der Waals surface area contributed by atoms with Crippen molar-refractivity contribution in [2.45, 2.75) is 20.4 Å². The number of nitrogens with zero attached hydrogens (tertiary/aromatic N) is 2. The van der Waals surface area contributed by atoms with Crippen molar-refractivity contribution in [2.75, 3.05) is 18.1 Å². The highest BCUT2D eigenvalue weighted by Gasteiger charge is 2.20. The lowest BCUT2D eigenvalue weighted by Gasteiger charge is -2.20. The summed E-state index contributed by atoms with van der Waals surface area (Å²) in [5, 5.41) is 2.77. The van der Waals surface area contributed by atoms with Crippen LogP contribution in [0.2, 0.25) is 0 Å². The SMILES string of the molecule is Cc1ccc(NC(=O)CN(Cc2ccncc2)S(C)(=O)=O)c(C)c1. The third-order valence-electron chi connectivity index (χ3n) is 3.55. The molecule has 0 saturated carbocycles. The fourth-order valence-electron chi connectivity index (χ4n) is 2.29. The summed E-state index contributed by atoms with van der Waals surface area (Å²) >= 11 is 0. The topological polar surface area (TPSA) is 79.4 Å². The van der Waals surface area contributed by atoms with Crippen molar-refractivity contribution in [2.24, 2.45) is 0 Å². The van der Waals surface area contributed by atoms with Crippen LogP contribution in [0, 0.1) is 13.8 Å². The summed E-state index contributed by atoms with van der Waals surface area (Å²) < 4.78 is 25.1. The average Bonchev–Trinajstić information content (AvgIpc) is 2.49. The van der Waals surface area contributed by atoms with E-state index in [9.17, 15) is 13.2 Å². The van der Waals surface area contributed by atoms with Gasteiger partial charge in [-0.1, -0.05) is 17.7 Å². The van der Waals surface area contributed by atoms with E-state index in [2.05, 4.69) is 10.3 Å². The molecule has 6 nitrogen and oxygen atoms in total. The zero-order chi connectivity index (χ0) is 17.7. The Hall–Kier alpha value is -2.25. The lowest BCUT2D eigenvalue weighted by Crippen LogP contribution is -2.37. The van der Waals surface area contributed by atoms with Crippen LogP contribution < -0.4 is 5.32 Å². The molecule has 0 fully saturated rings. The highest BCUT2D eigenvalue weighted by Crippen LogP contribution is 2.16. The van der Waals surface area contributed by atoms with Crippen LogP contribution in [0.25, 0.3) is 0 Å². The fourth-order valence-corrected chi connectivity index (χ4v) is 3.02. The van der Waals surface area contributed by atoms with E-state index in [1.54, 1.807) is 24.5 Å². The summed E-state index contributed by atoms with van der Waals surface area (Å²) in [5.74, 6) is -0.374. The van der Waals surface area contributed by atoms with Crippen molar-refractivity contribution in [3.8, 4) is 0 Å². The molecule has 0 spiro atoms. The van der Waals surface area contributed by atoms with Crippen LogP contribution in [0.1, 0.15) is 16.7 Å². The highest BCUT2D eigenvalue weighted by atomic mass is 32.2. The molecule has 0 bridgehead atoms. The second-order valence-corrected chi connectivity index (χ2v) is 7.74. The minimum atomic E-state index is -3.52. The van der Waals surface area contributed by atoms with Gasteiger partial charge in [-0.2, -0.15) is 4.31 Å². The molecule has 24 heavy (non-hydrogen) atoms. The number of pyridine rings is 1. The van der Waals surface area contributed by atoms with Gasteiger partial charge in [0.2, 0.25) is 15.9 Å². The van der Waals surface area contributed by atoms with Gasteiger partial charge in [0.1, 0.15) is 0 Å². The number of amides is 1. The maximum absolute atomic E-state index is 12.3. The van der Waals surface area contributed by atoms with Gasteiger partial charge in [-0.3, -0.25) is 9.78 Å². The molecule has 0 unspecified atom stereocenters. The molecule has 1 heterocycles. The molecule has 2 aromatic rings. The number of aromatic nitrogens is 1. The van der Waals surface area contributed by atoms with Gasteiger partial charge >= 0.3 is 0 Å². The molecular weight excluding hydrogens is 326 g/mol. The summed E-state index contributed by atoms with van der Waals surface area (Å²) in [6.45, 7) is 3.75. The van der Waals surface area contributed by atoms with E-state index < -0.39 is 10.0 Å². The van der Waals surface area contributed by atoms with Crippen molar-refractivity contribution in [1.29, 1.82) is 0 Å². The van der Waals surface area contributed by atoms with E-state index in [1.807, 2.05) is 32.0 Å². The van der Waals surface area contributed by atoms with E-state index in [1.165, 1.54) is 0 Å². The molecule has 0 aliphatic carbocycles. The number of hydrogen-bond donors (Lipinski definition) is 1. The zero-order valence-electron chi connectivity index (χ0n) is 14.0. The Labute approximate surface area is 142 Å². The predicted octanol–water partition coefficient (Wildman–Crippen LogP) is 2.10. The molecule has 0 saturated heterocycles. The number of carbonyl (C=O) groups excluding carboxylic acids is 1. The van der Waals surface area contributed by atoms with Crippen molar-refractivity contribution < 1.29 is 13.2 Å². The molecule has 0 atom stereocenters. The van der Waals surface area contributed by atoms with Crippen LogP contribution in [0.15, 0.2) is 42.7 Å². The summed E-state index contributed by atoms with van der Waals surface area (Å²) in [4.78, 5) is 16.2. The van der Waals surface area contributed by atoms with Crippen LogP contribution in [0.4, 0.5) is 5.69 Å². The smallest absolute Gasteiger partial charge is 0.239 e. The van der Waals surface area contributed by atoms with Gasteiger partial charge in [0.25, 0.3) is 0 Å². The first-order valence-corrected chi connectivity index (χ1v) is 9.31. The van der Waals surface area contributed by atoms with Crippen molar-refractivity contribution >= 4 is 21.6 Å². The third kappa shape index (κ3) is 5.14. The number of benzene rings is 1. The molecule has 7 heteroatoms. The molecule has 0 radical (unpaired) electrons. The van der Waals surface area contributed by atoms with Gasteiger partial charge in [-0.25, -0.2) is 8.42 Å². The minimum absolute atomic E-state index is 0.127. The number of rotatable bonds is 6. The second kappa shape index (κ2) is 7.55. The Bertz CT molecular complexity index is 820. The average molecular weight is 347 g/mol. The first-order chi connectivity index (χ1) is 11.3. The maximum atomic E-state index is 12.3. The number of anilines is 1. The van der Waals surface area contributed by atoms with E-state index in [0.29, 0.717) is 5.69 Å². The molecule has 0 aliphatic heterocycles. The largest absolute Gasteiger partial charge is 0.325 e. The zero-order valence-corrected chi connectivity index (χ0v) is 14.8. The molecule has 0 aliphatic rings.